The van der Waals surface area contributed by atoms with E-state index >= 15 is 0 Å². The van der Waals surface area contributed by atoms with Crippen LogP contribution < -0.4 is 5.32 Å². The molecule has 2 fully saturated rings. The maximum absolute atomic E-state index is 12.3. The quantitative estimate of drug-likeness (QED) is 0.662. The molecule has 0 aromatic heterocycles. The number of hydrogen-bond acceptors (Lipinski definition) is 5. The Balaban J connectivity index is 1.60. The van der Waals surface area contributed by atoms with E-state index in [2.05, 4.69) is 5.32 Å². The number of carbonyl (C=O) groups excluding carboxylic acids is 1. The molecule has 1 aliphatic carbocycles. The minimum absolute atomic E-state index is 0.0567. The smallest absolute Gasteiger partial charge is 0.282 e. The molecule has 2 aliphatic rings. The van der Waals surface area contributed by atoms with E-state index in [0.29, 0.717) is 6.61 Å². The van der Waals surface area contributed by atoms with E-state index < -0.39 is 16.6 Å². The monoisotopic (exact) mass is 354 g/mol. The van der Waals surface area contributed by atoms with E-state index in [-0.39, 0.29) is 28.9 Å². The molecule has 1 saturated heterocycles. The lowest BCUT2D eigenvalue weighted by Crippen LogP contribution is -2.37. The van der Waals surface area contributed by atoms with Gasteiger partial charge in [-0.05, 0) is 25.0 Å². The van der Waals surface area contributed by atoms with Crippen molar-refractivity contribution >= 4 is 23.2 Å². The average Bonchev–Trinajstić information content (AvgIpc) is 2.95. The molecule has 1 aliphatic heterocycles. The van der Waals surface area contributed by atoms with Gasteiger partial charge in [-0.3, -0.25) is 14.9 Å². The summed E-state index contributed by atoms with van der Waals surface area (Å²) in [5.41, 5.74) is -0.331. The third-order valence-electron chi connectivity index (χ3n) is 4.42. The van der Waals surface area contributed by atoms with Crippen molar-refractivity contribution in [1.29, 1.82) is 0 Å². The topological polar surface area (TPSA) is 90.7 Å². The first kappa shape index (κ1) is 17.1. The maximum atomic E-state index is 12.3. The van der Waals surface area contributed by atoms with Crippen molar-refractivity contribution in [1.82, 2.24) is 5.32 Å². The number of nitro groups is 1. The molecular weight excluding hydrogens is 336 g/mol. The number of carbonyl (C=O) groups is 1. The molecule has 130 valence electrons. The SMILES string of the molecule is O=C(NC[C@@H]1COC2(CCCCC2)O1)c1cc(Cl)ccc1[N+](=O)[O-]. The molecule has 1 atom stereocenters. The Kier molecular flexibility index (Phi) is 5.03. The molecule has 8 heteroatoms. The third-order valence-corrected chi connectivity index (χ3v) is 4.65. The minimum Gasteiger partial charge on any atom is -0.349 e. The summed E-state index contributed by atoms with van der Waals surface area (Å²) in [5, 5.41) is 14.0. The minimum atomic E-state index is -0.600. The summed E-state index contributed by atoms with van der Waals surface area (Å²) in [4.78, 5) is 22.7. The van der Waals surface area contributed by atoms with Gasteiger partial charge in [-0.15, -0.1) is 0 Å². The van der Waals surface area contributed by atoms with E-state index in [9.17, 15) is 14.9 Å². The normalized spacial score (nSPS) is 22.5. The van der Waals surface area contributed by atoms with Gasteiger partial charge in [0.1, 0.15) is 11.7 Å². The molecule has 1 aromatic rings. The summed E-state index contributed by atoms with van der Waals surface area (Å²) in [6, 6.07) is 3.91. The highest BCUT2D eigenvalue weighted by atomic mass is 35.5. The fraction of sp³-hybridized carbons (Fsp3) is 0.562. The van der Waals surface area contributed by atoms with Gasteiger partial charge in [0.2, 0.25) is 0 Å². The van der Waals surface area contributed by atoms with Gasteiger partial charge in [-0.25, -0.2) is 0 Å². The van der Waals surface area contributed by atoms with Gasteiger partial charge >= 0.3 is 0 Å². The Morgan fingerprint density at radius 3 is 2.83 bits per heavy atom. The lowest BCUT2D eigenvalue weighted by Gasteiger charge is -2.31. The van der Waals surface area contributed by atoms with E-state index in [0.717, 1.165) is 25.7 Å². The third kappa shape index (κ3) is 3.68. The molecule has 1 heterocycles. The standard InChI is InChI=1S/C16H19ClN2O5/c17-11-4-5-14(19(21)22)13(8-11)15(20)18-9-12-10-23-16(24-12)6-2-1-3-7-16/h4-5,8,12H,1-3,6-7,9-10H2,(H,18,20)/t12-/m1/s1. The fourth-order valence-corrected chi connectivity index (χ4v) is 3.39. The molecule has 7 nitrogen and oxygen atoms in total. The second-order valence-corrected chi connectivity index (χ2v) is 6.59. The van der Waals surface area contributed by atoms with Gasteiger partial charge in [0, 0.05) is 30.5 Å². The van der Waals surface area contributed by atoms with Gasteiger partial charge < -0.3 is 14.8 Å². The van der Waals surface area contributed by atoms with Gasteiger partial charge in [0.05, 0.1) is 11.5 Å². The number of ether oxygens (including phenoxy) is 2. The van der Waals surface area contributed by atoms with Crippen LogP contribution in [0.3, 0.4) is 0 Å². The lowest BCUT2D eigenvalue weighted by atomic mass is 9.94. The summed E-state index contributed by atoms with van der Waals surface area (Å²) < 4.78 is 11.8. The second kappa shape index (κ2) is 7.04. The van der Waals surface area contributed by atoms with Crippen LogP contribution in [0.4, 0.5) is 5.69 Å². The van der Waals surface area contributed by atoms with Crippen LogP contribution in [0.1, 0.15) is 42.5 Å². The molecular formula is C16H19ClN2O5. The number of rotatable bonds is 4. The van der Waals surface area contributed by atoms with Crippen LogP contribution in [0, 0.1) is 10.1 Å². The molecule has 1 aromatic carbocycles. The van der Waals surface area contributed by atoms with Crippen molar-refractivity contribution in [3.05, 3.63) is 38.9 Å². The Morgan fingerprint density at radius 1 is 1.38 bits per heavy atom. The predicted molar refractivity (Wildman–Crippen MR) is 87.1 cm³/mol. The molecule has 1 N–H and O–H groups in total. The number of hydrogen-bond donors (Lipinski definition) is 1. The number of nitro benzene ring substituents is 1. The van der Waals surface area contributed by atoms with E-state index in [1.54, 1.807) is 0 Å². The number of nitrogens with zero attached hydrogens (tertiary/aromatic N) is 1. The Bertz CT molecular complexity index is 645. The molecule has 0 radical (unpaired) electrons. The van der Waals surface area contributed by atoms with Crippen molar-refractivity contribution in [3.63, 3.8) is 0 Å². The van der Waals surface area contributed by atoms with Crippen LogP contribution >= 0.6 is 11.6 Å². The zero-order valence-electron chi connectivity index (χ0n) is 13.1. The van der Waals surface area contributed by atoms with Crippen molar-refractivity contribution in [2.75, 3.05) is 13.2 Å². The number of amides is 1. The van der Waals surface area contributed by atoms with Crippen LogP contribution in [0.25, 0.3) is 0 Å². The Hall–Kier alpha value is -1.70. The number of benzene rings is 1. The highest BCUT2D eigenvalue weighted by molar-refractivity contribution is 6.31. The molecule has 1 spiro atoms. The van der Waals surface area contributed by atoms with Gasteiger partial charge in [0.25, 0.3) is 11.6 Å². The summed E-state index contributed by atoms with van der Waals surface area (Å²) in [7, 11) is 0. The highest BCUT2D eigenvalue weighted by Crippen LogP contribution is 2.37. The average molecular weight is 355 g/mol. The van der Waals surface area contributed by atoms with Crippen LogP contribution in [0.15, 0.2) is 18.2 Å². The van der Waals surface area contributed by atoms with Crippen LogP contribution in [0.2, 0.25) is 5.02 Å². The zero-order valence-corrected chi connectivity index (χ0v) is 13.9. The maximum Gasteiger partial charge on any atom is 0.282 e. The van der Waals surface area contributed by atoms with Gasteiger partial charge in [0.15, 0.2) is 5.79 Å². The zero-order chi connectivity index (χ0) is 17.2. The first-order valence-electron chi connectivity index (χ1n) is 8.03. The molecule has 24 heavy (non-hydrogen) atoms. The van der Waals surface area contributed by atoms with Crippen LogP contribution in [0.5, 0.6) is 0 Å². The van der Waals surface area contributed by atoms with Crippen molar-refractivity contribution in [2.45, 2.75) is 44.0 Å². The van der Waals surface area contributed by atoms with Gasteiger partial charge in [-0.2, -0.15) is 0 Å². The van der Waals surface area contributed by atoms with Crippen molar-refractivity contribution in [2.24, 2.45) is 0 Å². The summed E-state index contributed by atoms with van der Waals surface area (Å²) in [5.74, 6) is -1.05. The van der Waals surface area contributed by atoms with Crippen LogP contribution in [-0.2, 0) is 9.47 Å². The van der Waals surface area contributed by atoms with Gasteiger partial charge in [-0.1, -0.05) is 18.0 Å². The largest absolute Gasteiger partial charge is 0.349 e. The molecule has 1 amide bonds. The Morgan fingerprint density at radius 2 is 2.12 bits per heavy atom. The molecule has 0 unspecified atom stereocenters. The lowest BCUT2D eigenvalue weighted by molar-refractivity contribution is -0.385. The van der Waals surface area contributed by atoms with Crippen molar-refractivity contribution in [3.8, 4) is 0 Å². The number of nitrogens with one attached hydrogen (secondary N) is 1. The number of halogens is 1. The fourth-order valence-electron chi connectivity index (χ4n) is 3.22. The highest BCUT2D eigenvalue weighted by Gasteiger charge is 2.42. The second-order valence-electron chi connectivity index (χ2n) is 6.15. The van der Waals surface area contributed by atoms with E-state index in [1.807, 2.05) is 0 Å². The molecule has 1 saturated carbocycles. The Labute approximate surface area is 144 Å². The van der Waals surface area contributed by atoms with E-state index in [4.69, 9.17) is 21.1 Å². The molecule has 0 bridgehead atoms. The van der Waals surface area contributed by atoms with E-state index in [1.165, 1.54) is 24.6 Å². The molecule has 3 rings (SSSR count). The summed E-state index contributed by atoms with van der Waals surface area (Å²) in [6.07, 6.45) is 4.84. The summed E-state index contributed by atoms with van der Waals surface area (Å²) >= 11 is 5.84. The summed E-state index contributed by atoms with van der Waals surface area (Å²) in [6.45, 7) is 0.655. The predicted octanol–water partition coefficient (Wildman–Crippen LogP) is 3.05. The first-order valence-corrected chi connectivity index (χ1v) is 8.41. The van der Waals surface area contributed by atoms with Crippen molar-refractivity contribution < 1.29 is 19.2 Å². The first-order chi connectivity index (χ1) is 11.5. The van der Waals surface area contributed by atoms with Crippen LogP contribution in [-0.4, -0.2) is 35.9 Å².